The van der Waals surface area contributed by atoms with Gasteiger partial charge in [-0.2, -0.15) is 0 Å². The molecule has 106 valence electrons. The summed E-state index contributed by atoms with van der Waals surface area (Å²) in [4.78, 5) is 6.36. The molecule has 0 radical (unpaired) electrons. The van der Waals surface area contributed by atoms with E-state index in [1.807, 2.05) is 14.0 Å². The van der Waals surface area contributed by atoms with Gasteiger partial charge in [0.25, 0.3) is 0 Å². The van der Waals surface area contributed by atoms with Gasteiger partial charge in [0.05, 0.1) is 6.61 Å². The second-order valence-electron chi connectivity index (χ2n) is 4.15. The van der Waals surface area contributed by atoms with Crippen molar-refractivity contribution in [1.82, 2.24) is 10.2 Å². The van der Waals surface area contributed by atoms with Gasteiger partial charge in [-0.15, -0.1) is 0 Å². The van der Waals surface area contributed by atoms with Crippen molar-refractivity contribution >= 4 is 21.9 Å². The number of guanidine groups is 1. The molecule has 0 atom stereocenters. The van der Waals surface area contributed by atoms with Gasteiger partial charge in [-0.3, -0.25) is 4.99 Å². The fourth-order valence-electron chi connectivity index (χ4n) is 1.70. The van der Waals surface area contributed by atoms with Crippen LogP contribution in [0.3, 0.4) is 0 Å². The van der Waals surface area contributed by atoms with Gasteiger partial charge in [0, 0.05) is 38.3 Å². The van der Waals surface area contributed by atoms with Gasteiger partial charge in [-0.05, 0) is 24.6 Å². The number of nitrogens with one attached hydrogen (secondary N) is 1. The van der Waals surface area contributed by atoms with E-state index in [0.717, 1.165) is 30.1 Å². The van der Waals surface area contributed by atoms with E-state index in [1.165, 1.54) is 5.56 Å². The minimum absolute atomic E-state index is 0.696. The molecule has 1 N–H and O–H groups in total. The molecule has 1 aromatic carbocycles. The van der Waals surface area contributed by atoms with E-state index in [2.05, 4.69) is 55.4 Å². The van der Waals surface area contributed by atoms with Gasteiger partial charge in [0.15, 0.2) is 5.96 Å². The summed E-state index contributed by atoms with van der Waals surface area (Å²) >= 11 is 3.44. The number of aliphatic imine (C=N–C) groups is 1. The molecule has 0 unspecified atom stereocenters. The smallest absolute Gasteiger partial charge is 0.193 e. The number of rotatable bonds is 6. The monoisotopic (exact) mass is 327 g/mol. The van der Waals surface area contributed by atoms with E-state index in [1.54, 1.807) is 7.05 Å². The summed E-state index contributed by atoms with van der Waals surface area (Å²) in [6.45, 7) is 5.03. The Morgan fingerprint density at radius 2 is 2.05 bits per heavy atom. The van der Waals surface area contributed by atoms with Crippen molar-refractivity contribution < 1.29 is 4.74 Å². The maximum Gasteiger partial charge on any atom is 0.193 e. The summed E-state index contributed by atoms with van der Waals surface area (Å²) in [5.74, 6) is 0.877. The van der Waals surface area contributed by atoms with Crippen LogP contribution in [-0.4, -0.2) is 44.7 Å². The third-order valence-corrected chi connectivity index (χ3v) is 3.17. The van der Waals surface area contributed by atoms with E-state index < -0.39 is 0 Å². The highest BCUT2D eigenvalue weighted by Gasteiger charge is 2.05. The maximum absolute atomic E-state index is 5.30. The van der Waals surface area contributed by atoms with Crippen molar-refractivity contribution in [3.63, 3.8) is 0 Å². The molecule has 0 aliphatic carbocycles. The molecule has 0 saturated heterocycles. The standard InChI is InChI=1S/C14H22BrN3O/c1-4-19-10-9-17-14(16-2)18(3)11-12-5-7-13(15)8-6-12/h5-8H,4,9-11H2,1-3H3,(H,16,17). The number of benzene rings is 1. The van der Waals surface area contributed by atoms with Crippen LogP contribution in [0.2, 0.25) is 0 Å². The van der Waals surface area contributed by atoms with Crippen molar-refractivity contribution in [3.05, 3.63) is 34.3 Å². The molecule has 0 aliphatic heterocycles. The number of hydrogen-bond donors (Lipinski definition) is 1. The fraction of sp³-hybridized carbons (Fsp3) is 0.500. The SMILES string of the molecule is CCOCCNC(=NC)N(C)Cc1ccc(Br)cc1. The molecule has 0 aliphatic rings. The first kappa shape index (κ1) is 16.0. The van der Waals surface area contributed by atoms with Crippen molar-refractivity contribution in [2.24, 2.45) is 4.99 Å². The molecular formula is C14H22BrN3O. The molecule has 4 nitrogen and oxygen atoms in total. The summed E-state index contributed by atoms with van der Waals surface area (Å²) < 4.78 is 6.39. The molecule has 0 aromatic heterocycles. The van der Waals surface area contributed by atoms with E-state index in [9.17, 15) is 0 Å². The highest BCUT2D eigenvalue weighted by molar-refractivity contribution is 9.10. The Kier molecular flexibility index (Phi) is 7.52. The van der Waals surface area contributed by atoms with Crippen LogP contribution in [0.5, 0.6) is 0 Å². The van der Waals surface area contributed by atoms with Gasteiger partial charge >= 0.3 is 0 Å². The highest BCUT2D eigenvalue weighted by atomic mass is 79.9. The average molecular weight is 328 g/mol. The van der Waals surface area contributed by atoms with Crippen LogP contribution in [-0.2, 0) is 11.3 Å². The van der Waals surface area contributed by atoms with E-state index >= 15 is 0 Å². The summed E-state index contributed by atoms with van der Waals surface area (Å²) in [7, 11) is 3.82. The first-order chi connectivity index (χ1) is 9.17. The van der Waals surface area contributed by atoms with Crippen LogP contribution in [0.25, 0.3) is 0 Å². The summed E-state index contributed by atoms with van der Waals surface area (Å²) in [6.07, 6.45) is 0. The average Bonchev–Trinajstić information content (AvgIpc) is 2.41. The lowest BCUT2D eigenvalue weighted by Gasteiger charge is -2.22. The van der Waals surface area contributed by atoms with E-state index in [4.69, 9.17) is 4.74 Å². The normalized spacial score (nSPS) is 11.5. The van der Waals surface area contributed by atoms with Gasteiger partial charge in [-0.25, -0.2) is 0 Å². The third-order valence-electron chi connectivity index (χ3n) is 2.64. The molecule has 0 heterocycles. The zero-order valence-corrected chi connectivity index (χ0v) is 13.4. The molecule has 0 amide bonds. The van der Waals surface area contributed by atoms with Crippen molar-refractivity contribution in [1.29, 1.82) is 0 Å². The van der Waals surface area contributed by atoms with E-state index in [0.29, 0.717) is 6.61 Å². The Morgan fingerprint density at radius 1 is 1.37 bits per heavy atom. The first-order valence-electron chi connectivity index (χ1n) is 6.41. The molecule has 1 rings (SSSR count). The second kappa shape index (κ2) is 8.93. The molecular weight excluding hydrogens is 306 g/mol. The largest absolute Gasteiger partial charge is 0.380 e. The Hall–Kier alpha value is -1.07. The van der Waals surface area contributed by atoms with Crippen LogP contribution in [0, 0.1) is 0 Å². The lowest BCUT2D eigenvalue weighted by atomic mass is 10.2. The van der Waals surface area contributed by atoms with Gasteiger partial charge < -0.3 is 15.0 Å². The molecule has 19 heavy (non-hydrogen) atoms. The number of hydrogen-bond acceptors (Lipinski definition) is 2. The maximum atomic E-state index is 5.30. The quantitative estimate of drug-likeness (QED) is 0.495. The second-order valence-corrected chi connectivity index (χ2v) is 5.07. The number of halogens is 1. The predicted octanol–water partition coefficient (Wildman–Crippen LogP) is 2.49. The Bertz CT molecular complexity index is 392. The van der Waals surface area contributed by atoms with Crippen LogP contribution in [0.4, 0.5) is 0 Å². The van der Waals surface area contributed by atoms with Crippen LogP contribution in [0.15, 0.2) is 33.7 Å². The highest BCUT2D eigenvalue weighted by Crippen LogP contribution is 2.11. The Morgan fingerprint density at radius 3 is 2.63 bits per heavy atom. The third kappa shape index (κ3) is 6.07. The predicted molar refractivity (Wildman–Crippen MR) is 83.5 cm³/mol. The number of nitrogens with zero attached hydrogens (tertiary/aromatic N) is 2. The van der Waals surface area contributed by atoms with Crippen LogP contribution >= 0.6 is 15.9 Å². The summed E-state index contributed by atoms with van der Waals surface area (Å²) in [5, 5.41) is 3.28. The van der Waals surface area contributed by atoms with Crippen molar-refractivity contribution in [3.8, 4) is 0 Å². The number of ether oxygens (including phenoxy) is 1. The zero-order chi connectivity index (χ0) is 14.1. The van der Waals surface area contributed by atoms with Gasteiger partial charge in [0.2, 0.25) is 0 Å². The molecule has 0 bridgehead atoms. The lowest BCUT2D eigenvalue weighted by molar-refractivity contribution is 0.152. The minimum Gasteiger partial charge on any atom is -0.380 e. The molecule has 5 heteroatoms. The Labute approximate surface area is 124 Å². The van der Waals surface area contributed by atoms with Crippen molar-refractivity contribution in [2.45, 2.75) is 13.5 Å². The molecule has 0 spiro atoms. The molecule has 0 saturated carbocycles. The molecule has 1 aromatic rings. The topological polar surface area (TPSA) is 36.9 Å². The fourth-order valence-corrected chi connectivity index (χ4v) is 1.97. The zero-order valence-electron chi connectivity index (χ0n) is 11.8. The molecule has 0 fully saturated rings. The van der Waals surface area contributed by atoms with Crippen LogP contribution < -0.4 is 5.32 Å². The van der Waals surface area contributed by atoms with Gasteiger partial charge in [-0.1, -0.05) is 28.1 Å². The van der Waals surface area contributed by atoms with Crippen LogP contribution in [0.1, 0.15) is 12.5 Å². The van der Waals surface area contributed by atoms with Crippen molar-refractivity contribution in [2.75, 3.05) is 33.9 Å². The van der Waals surface area contributed by atoms with E-state index in [-0.39, 0.29) is 0 Å². The Balaban J connectivity index is 2.45. The minimum atomic E-state index is 0.696. The van der Waals surface area contributed by atoms with Gasteiger partial charge in [0.1, 0.15) is 0 Å². The first-order valence-corrected chi connectivity index (χ1v) is 7.20. The summed E-state index contributed by atoms with van der Waals surface area (Å²) in [5.41, 5.74) is 1.25. The summed E-state index contributed by atoms with van der Waals surface area (Å²) in [6, 6.07) is 8.31. The lowest BCUT2D eigenvalue weighted by Crippen LogP contribution is -2.39.